The fourth-order valence-electron chi connectivity index (χ4n) is 2.08. The number of rotatable bonds is 7. The number of nitrogens with zero attached hydrogens (tertiary/aromatic N) is 1. The van der Waals surface area contributed by atoms with E-state index >= 15 is 0 Å². The maximum absolute atomic E-state index is 12.1. The maximum atomic E-state index is 12.1. The Balaban J connectivity index is 1.95. The van der Waals surface area contributed by atoms with E-state index < -0.39 is 4.92 Å². The molecule has 0 fully saturated rings. The highest BCUT2D eigenvalue weighted by molar-refractivity contribution is 5.95. The van der Waals surface area contributed by atoms with Crippen LogP contribution in [0.1, 0.15) is 18.9 Å². The summed E-state index contributed by atoms with van der Waals surface area (Å²) >= 11 is 0. The van der Waals surface area contributed by atoms with Crippen LogP contribution in [0.5, 0.6) is 5.75 Å². The van der Waals surface area contributed by atoms with Gasteiger partial charge < -0.3 is 15.4 Å². The van der Waals surface area contributed by atoms with Crippen molar-refractivity contribution in [3.8, 4) is 5.75 Å². The molecule has 136 valence electrons. The highest BCUT2D eigenvalue weighted by Gasteiger charge is 2.09. The van der Waals surface area contributed by atoms with E-state index in [2.05, 4.69) is 10.6 Å². The van der Waals surface area contributed by atoms with Gasteiger partial charge in [0.1, 0.15) is 5.75 Å². The molecular weight excluding hydrogens is 338 g/mol. The van der Waals surface area contributed by atoms with Crippen molar-refractivity contribution in [3.63, 3.8) is 0 Å². The lowest BCUT2D eigenvalue weighted by atomic mass is 10.1. The molecule has 0 heterocycles. The van der Waals surface area contributed by atoms with Crippen LogP contribution in [-0.2, 0) is 9.59 Å². The topological polar surface area (TPSA) is 111 Å². The molecule has 0 atom stereocenters. The van der Waals surface area contributed by atoms with Gasteiger partial charge in [-0.2, -0.15) is 0 Å². The van der Waals surface area contributed by atoms with Crippen molar-refractivity contribution in [1.82, 2.24) is 0 Å². The van der Waals surface area contributed by atoms with Gasteiger partial charge in [-0.3, -0.25) is 19.7 Å². The first-order valence-corrected chi connectivity index (χ1v) is 7.96. The van der Waals surface area contributed by atoms with Crippen molar-refractivity contribution in [2.75, 3.05) is 17.2 Å². The van der Waals surface area contributed by atoms with Crippen LogP contribution in [0.25, 0.3) is 0 Å². The van der Waals surface area contributed by atoms with Crippen LogP contribution in [0.2, 0.25) is 0 Å². The van der Waals surface area contributed by atoms with Gasteiger partial charge >= 0.3 is 0 Å². The fourth-order valence-corrected chi connectivity index (χ4v) is 2.08. The molecule has 0 aliphatic carbocycles. The van der Waals surface area contributed by atoms with Gasteiger partial charge in [-0.1, -0.05) is 13.0 Å². The molecule has 0 unspecified atom stereocenters. The van der Waals surface area contributed by atoms with Crippen LogP contribution in [0.15, 0.2) is 42.5 Å². The highest BCUT2D eigenvalue weighted by atomic mass is 16.6. The highest BCUT2D eigenvalue weighted by Crippen LogP contribution is 2.21. The second-order valence-corrected chi connectivity index (χ2v) is 5.52. The molecule has 2 amide bonds. The summed E-state index contributed by atoms with van der Waals surface area (Å²) in [6.07, 6.45) is 0.360. The molecule has 2 aromatic rings. The van der Waals surface area contributed by atoms with Gasteiger partial charge in [0, 0.05) is 29.9 Å². The molecule has 0 aliphatic rings. The number of non-ortho nitro benzene ring substituents is 1. The normalized spacial score (nSPS) is 10.1. The molecule has 0 aromatic heterocycles. The van der Waals surface area contributed by atoms with E-state index in [0.717, 1.165) is 5.56 Å². The first-order chi connectivity index (χ1) is 12.4. The average Bonchev–Trinajstić information content (AvgIpc) is 2.63. The number of amides is 2. The smallest absolute Gasteiger partial charge is 0.269 e. The summed E-state index contributed by atoms with van der Waals surface area (Å²) in [6.45, 7) is 3.34. The summed E-state index contributed by atoms with van der Waals surface area (Å²) in [4.78, 5) is 33.6. The van der Waals surface area contributed by atoms with Gasteiger partial charge in [0.05, 0.1) is 4.92 Å². The Bertz CT molecular complexity index is 818. The molecule has 2 rings (SSSR count). The lowest BCUT2D eigenvalue weighted by Crippen LogP contribution is -2.21. The van der Waals surface area contributed by atoms with Crippen molar-refractivity contribution in [2.24, 2.45) is 0 Å². The molecular formula is C18H19N3O5. The lowest BCUT2D eigenvalue weighted by molar-refractivity contribution is -0.384. The van der Waals surface area contributed by atoms with E-state index in [1.807, 2.05) is 6.92 Å². The number of anilines is 2. The van der Waals surface area contributed by atoms with Gasteiger partial charge in [-0.15, -0.1) is 0 Å². The van der Waals surface area contributed by atoms with Crippen molar-refractivity contribution in [3.05, 3.63) is 58.1 Å². The predicted molar refractivity (Wildman–Crippen MR) is 97.3 cm³/mol. The lowest BCUT2D eigenvalue weighted by Gasteiger charge is -2.12. The summed E-state index contributed by atoms with van der Waals surface area (Å²) in [5.41, 5.74) is 1.94. The van der Waals surface area contributed by atoms with Crippen LogP contribution in [0, 0.1) is 17.0 Å². The van der Waals surface area contributed by atoms with Crippen molar-refractivity contribution in [1.29, 1.82) is 0 Å². The third kappa shape index (κ3) is 5.30. The van der Waals surface area contributed by atoms with E-state index in [9.17, 15) is 19.7 Å². The Morgan fingerprint density at radius 2 is 1.77 bits per heavy atom. The molecule has 26 heavy (non-hydrogen) atoms. The summed E-state index contributed by atoms with van der Waals surface area (Å²) in [6, 6.07) is 10.7. The van der Waals surface area contributed by atoms with Crippen molar-refractivity contribution < 1.29 is 19.2 Å². The van der Waals surface area contributed by atoms with Crippen LogP contribution >= 0.6 is 0 Å². The Kier molecular flexibility index (Phi) is 6.26. The van der Waals surface area contributed by atoms with Crippen LogP contribution in [0.4, 0.5) is 17.1 Å². The minimum Gasteiger partial charge on any atom is -0.484 e. The van der Waals surface area contributed by atoms with Gasteiger partial charge in [0.15, 0.2) is 6.61 Å². The predicted octanol–water partition coefficient (Wildman–Crippen LogP) is 3.27. The minimum atomic E-state index is -0.510. The number of hydrogen-bond donors (Lipinski definition) is 2. The summed E-state index contributed by atoms with van der Waals surface area (Å²) < 4.78 is 5.32. The number of nitro benzene ring substituents is 1. The molecule has 0 bridgehead atoms. The molecule has 0 radical (unpaired) electrons. The molecule has 0 saturated carbocycles. The number of ether oxygens (including phenoxy) is 1. The molecule has 8 nitrogen and oxygen atoms in total. The first kappa shape index (κ1) is 18.9. The third-order valence-corrected chi connectivity index (χ3v) is 3.53. The molecule has 0 spiro atoms. The first-order valence-electron chi connectivity index (χ1n) is 7.96. The van der Waals surface area contributed by atoms with Crippen molar-refractivity contribution >= 4 is 28.9 Å². The van der Waals surface area contributed by atoms with E-state index in [4.69, 9.17) is 4.74 Å². The number of benzene rings is 2. The third-order valence-electron chi connectivity index (χ3n) is 3.53. The molecule has 0 saturated heterocycles. The van der Waals surface area contributed by atoms with E-state index in [1.165, 1.54) is 24.3 Å². The van der Waals surface area contributed by atoms with Gasteiger partial charge in [-0.05, 0) is 36.8 Å². The maximum Gasteiger partial charge on any atom is 0.269 e. The number of nitro groups is 1. The molecule has 2 N–H and O–H groups in total. The summed E-state index contributed by atoms with van der Waals surface area (Å²) in [7, 11) is 0. The number of carbonyl (C=O) groups excluding carboxylic acids is 2. The van der Waals surface area contributed by atoms with Crippen LogP contribution in [0.3, 0.4) is 0 Å². The van der Waals surface area contributed by atoms with Gasteiger partial charge in [0.2, 0.25) is 5.91 Å². The molecule has 0 aliphatic heterocycles. The summed E-state index contributed by atoms with van der Waals surface area (Å²) in [5, 5.41) is 16.0. The monoisotopic (exact) mass is 357 g/mol. The fraction of sp³-hybridized carbons (Fsp3) is 0.222. The number of carbonyl (C=O) groups is 2. The largest absolute Gasteiger partial charge is 0.484 e. The molecule has 2 aromatic carbocycles. The SMILES string of the molecule is CCC(=O)Nc1ccc(C)c(NC(=O)COc2ccc([N+](=O)[O-])cc2)c1. The zero-order valence-electron chi connectivity index (χ0n) is 14.4. The van der Waals surface area contributed by atoms with Crippen LogP contribution in [-0.4, -0.2) is 23.3 Å². The van der Waals surface area contributed by atoms with Crippen molar-refractivity contribution in [2.45, 2.75) is 20.3 Å². The van der Waals surface area contributed by atoms with E-state index in [-0.39, 0.29) is 24.1 Å². The summed E-state index contributed by atoms with van der Waals surface area (Å²) in [5.74, 6) is -0.149. The Hall–Kier alpha value is -3.42. The average molecular weight is 357 g/mol. The number of nitrogens with one attached hydrogen (secondary N) is 2. The van der Waals surface area contributed by atoms with E-state index in [1.54, 1.807) is 25.1 Å². The standard InChI is InChI=1S/C18H19N3O5/c1-3-17(22)19-13-5-4-12(2)16(10-13)20-18(23)11-26-15-8-6-14(7-9-15)21(24)25/h4-10H,3,11H2,1-2H3,(H,19,22)(H,20,23). The zero-order chi connectivity index (χ0) is 19.1. The van der Waals surface area contributed by atoms with Gasteiger partial charge in [0.25, 0.3) is 11.6 Å². The van der Waals surface area contributed by atoms with Gasteiger partial charge in [-0.25, -0.2) is 0 Å². The number of aryl methyl sites for hydroxylation is 1. The Morgan fingerprint density at radius 3 is 2.38 bits per heavy atom. The van der Waals surface area contributed by atoms with E-state index in [0.29, 0.717) is 23.5 Å². The second-order valence-electron chi connectivity index (χ2n) is 5.52. The Labute approximate surface area is 150 Å². The van der Waals surface area contributed by atoms with Crippen LogP contribution < -0.4 is 15.4 Å². The second kappa shape index (κ2) is 8.61. The molecule has 8 heteroatoms. The minimum absolute atomic E-state index is 0.0524. The number of hydrogen-bond acceptors (Lipinski definition) is 5. The zero-order valence-corrected chi connectivity index (χ0v) is 14.4. The quantitative estimate of drug-likeness (QED) is 0.583. The Morgan fingerprint density at radius 1 is 1.08 bits per heavy atom.